The minimum absolute atomic E-state index is 0.0490. The molecule has 0 fully saturated rings. The van der Waals surface area contributed by atoms with E-state index in [1.807, 2.05) is 56.7 Å². The Kier molecular flexibility index (Phi) is 3.67. The lowest BCUT2D eigenvalue weighted by molar-refractivity contribution is -0.129. The first-order valence-electron chi connectivity index (χ1n) is 7.63. The lowest BCUT2D eigenvalue weighted by Gasteiger charge is -2.27. The van der Waals surface area contributed by atoms with E-state index in [0.29, 0.717) is 0 Å². The summed E-state index contributed by atoms with van der Waals surface area (Å²) in [6, 6.07) is 5.86. The molecule has 1 amide bonds. The van der Waals surface area contributed by atoms with Crippen molar-refractivity contribution in [3.05, 3.63) is 48.3 Å². The molecule has 0 radical (unpaired) electrons. The molecule has 2 heterocycles. The molecule has 1 unspecified atom stereocenters. The molecule has 2 N–H and O–H groups in total. The van der Waals surface area contributed by atoms with Gasteiger partial charge in [0.1, 0.15) is 5.54 Å². The highest BCUT2D eigenvalue weighted by atomic mass is 16.2. The first kappa shape index (κ1) is 15.3. The average Bonchev–Trinajstić information content (AvgIpc) is 3.14. The number of carbonyl (C=O) groups is 1. The minimum atomic E-state index is -0.701. The van der Waals surface area contributed by atoms with Gasteiger partial charge in [0, 0.05) is 6.20 Å². The largest absolute Gasteiger partial charge is 0.348 e. The lowest BCUT2D eigenvalue weighted by Crippen LogP contribution is -2.44. The maximum absolute atomic E-state index is 12.7. The van der Waals surface area contributed by atoms with Crippen LogP contribution in [0.25, 0.3) is 11.0 Å². The van der Waals surface area contributed by atoms with Gasteiger partial charge in [-0.3, -0.25) is 4.79 Å². The quantitative estimate of drug-likeness (QED) is 0.778. The monoisotopic (exact) mass is 311 g/mol. The second-order valence-electron chi connectivity index (χ2n) is 6.36. The molecule has 0 bridgehead atoms. The number of rotatable bonds is 4. The maximum Gasteiger partial charge on any atom is 0.246 e. The van der Waals surface area contributed by atoms with E-state index in [2.05, 4.69) is 20.3 Å². The molecular formula is C17H21N5O. The van der Waals surface area contributed by atoms with Crippen molar-refractivity contribution < 1.29 is 4.79 Å². The number of aryl methyl sites for hydroxylation is 1. The Morgan fingerprint density at radius 1 is 1.35 bits per heavy atom. The van der Waals surface area contributed by atoms with Crippen LogP contribution in [0.3, 0.4) is 0 Å². The fourth-order valence-electron chi connectivity index (χ4n) is 2.52. The molecule has 0 aliphatic heterocycles. The van der Waals surface area contributed by atoms with E-state index >= 15 is 0 Å². The number of nitrogens with zero attached hydrogens (tertiary/aromatic N) is 3. The van der Waals surface area contributed by atoms with Crippen LogP contribution in [0.4, 0.5) is 0 Å². The Balaban J connectivity index is 1.78. The zero-order valence-corrected chi connectivity index (χ0v) is 13.8. The van der Waals surface area contributed by atoms with Crippen LogP contribution < -0.4 is 5.32 Å². The number of hydrogen-bond donors (Lipinski definition) is 2. The molecule has 6 heteroatoms. The summed E-state index contributed by atoms with van der Waals surface area (Å²) in [5, 5.41) is 3.08. The number of imidazole rings is 2. The van der Waals surface area contributed by atoms with Crippen molar-refractivity contribution in [1.82, 2.24) is 24.8 Å². The van der Waals surface area contributed by atoms with Crippen molar-refractivity contribution in [2.75, 3.05) is 0 Å². The lowest BCUT2D eigenvalue weighted by atomic mass is 10.0. The molecule has 1 atom stereocenters. The Bertz CT molecular complexity index is 845. The molecule has 0 saturated carbocycles. The third-order valence-electron chi connectivity index (χ3n) is 4.20. The number of aromatic amines is 1. The molecule has 0 aliphatic carbocycles. The number of nitrogens with one attached hydrogen (secondary N) is 2. The number of carbonyl (C=O) groups excluding carboxylic acids is 1. The maximum atomic E-state index is 12.7. The predicted molar refractivity (Wildman–Crippen MR) is 88.9 cm³/mol. The van der Waals surface area contributed by atoms with E-state index in [4.69, 9.17) is 0 Å². The van der Waals surface area contributed by atoms with Crippen LogP contribution in [0.5, 0.6) is 0 Å². The Labute approximate surface area is 135 Å². The summed E-state index contributed by atoms with van der Waals surface area (Å²) in [4.78, 5) is 24.2. The van der Waals surface area contributed by atoms with Crippen molar-refractivity contribution in [2.45, 2.75) is 39.3 Å². The number of hydrogen-bond acceptors (Lipinski definition) is 3. The number of amides is 1. The third-order valence-corrected chi connectivity index (χ3v) is 4.20. The Hall–Kier alpha value is -2.63. The third kappa shape index (κ3) is 2.84. The smallest absolute Gasteiger partial charge is 0.246 e. The van der Waals surface area contributed by atoms with Gasteiger partial charge in [-0.1, -0.05) is 6.07 Å². The van der Waals surface area contributed by atoms with E-state index < -0.39 is 5.54 Å². The zero-order chi connectivity index (χ0) is 16.6. The van der Waals surface area contributed by atoms with Crippen LogP contribution >= 0.6 is 0 Å². The first-order chi connectivity index (χ1) is 10.9. The van der Waals surface area contributed by atoms with E-state index in [9.17, 15) is 4.79 Å². The van der Waals surface area contributed by atoms with Gasteiger partial charge < -0.3 is 14.9 Å². The van der Waals surface area contributed by atoms with Crippen LogP contribution in [-0.4, -0.2) is 25.4 Å². The van der Waals surface area contributed by atoms with Crippen LogP contribution in [-0.2, 0) is 10.3 Å². The fourth-order valence-corrected chi connectivity index (χ4v) is 2.52. The first-order valence-corrected chi connectivity index (χ1v) is 7.63. The summed E-state index contributed by atoms with van der Waals surface area (Å²) in [5.74, 6) is -0.0490. The van der Waals surface area contributed by atoms with Gasteiger partial charge in [-0.25, -0.2) is 9.97 Å². The molecule has 3 rings (SSSR count). The van der Waals surface area contributed by atoms with Crippen LogP contribution in [0.1, 0.15) is 38.1 Å². The molecule has 23 heavy (non-hydrogen) atoms. The van der Waals surface area contributed by atoms with E-state index in [0.717, 1.165) is 22.3 Å². The SMILES string of the molecule is Cc1cn(C(C)(C)C(=O)NC(C)c2ccc3nc[nH]c3c2)cn1. The summed E-state index contributed by atoms with van der Waals surface area (Å²) in [6.45, 7) is 7.65. The number of H-pyrrole nitrogens is 1. The van der Waals surface area contributed by atoms with Crippen molar-refractivity contribution in [2.24, 2.45) is 0 Å². The molecular weight excluding hydrogens is 290 g/mol. The minimum Gasteiger partial charge on any atom is -0.348 e. The molecule has 120 valence electrons. The fraction of sp³-hybridized carbons (Fsp3) is 0.353. The average molecular weight is 311 g/mol. The molecule has 3 aromatic rings. The predicted octanol–water partition coefficient (Wildman–Crippen LogP) is 2.68. The molecule has 6 nitrogen and oxygen atoms in total. The van der Waals surface area contributed by atoms with Crippen molar-refractivity contribution >= 4 is 16.9 Å². The summed E-state index contributed by atoms with van der Waals surface area (Å²) in [6.07, 6.45) is 5.24. The van der Waals surface area contributed by atoms with Gasteiger partial charge in [-0.15, -0.1) is 0 Å². The molecule has 2 aromatic heterocycles. The summed E-state index contributed by atoms with van der Waals surface area (Å²) < 4.78 is 1.84. The van der Waals surface area contributed by atoms with E-state index in [-0.39, 0.29) is 11.9 Å². The van der Waals surface area contributed by atoms with Crippen LogP contribution in [0.2, 0.25) is 0 Å². The molecule has 0 saturated heterocycles. The van der Waals surface area contributed by atoms with Gasteiger partial charge >= 0.3 is 0 Å². The van der Waals surface area contributed by atoms with Gasteiger partial charge in [0.25, 0.3) is 0 Å². The Morgan fingerprint density at radius 2 is 2.13 bits per heavy atom. The second-order valence-corrected chi connectivity index (χ2v) is 6.36. The highest BCUT2D eigenvalue weighted by Crippen LogP contribution is 2.21. The highest BCUT2D eigenvalue weighted by molar-refractivity contribution is 5.84. The number of benzene rings is 1. The van der Waals surface area contributed by atoms with Gasteiger partial charge in [0.05, 0.1) is 35.4 Å². The normalized spacial score (nSPS) is 13.2. The molecule has 1 aromatic carbocycles. The van der Waals surface area contributed by atoms with E-state index in [1.165, 1.54) is 0 Å². The molecule has 0 spiro atoms. The summed E-state index contributed by atoms with van der Waals surface area (Å²) in [7, 11) is 0. The number of aromatic nitrogens is 4. The number of fused-ring (bicyclic) bond motifs is 1. The summed E-state index contributed by atoms with van der Waals surface area (Å²) in [5.41, 5.74) is 3.11. The van der Waals surface area contributed by atoms with Gasteiger partial charge in [0.2, 0.25) is 5.91 Å². The van der Waals surface area contributed by atoms with Gasteiger partial charge in [0.15, 0.2) is 0 Å². The topological polar surface area (TPSA) is 75.6 Å². The van der Waals surface area contributed by atoms with Crippen molar-refractivity contribution in [3.63, 3.8) is 0 Å². The highest BCUT2D eigenvalue weighted by Gasteiger charge is 2.30. The summed E-state index contributed by atoms with van der Waals surface area (Å²) >= 11 is 0. The van der Waals surface area contributed by atoms with Crippen molar-refractivity contribution in [1.29, 1.82) is 0 Å². The molecule has 0 aliphatic rings. The van der Waals surface area contributed by atoms with E-state index in [1.54, 1.807) is 12.7 Å². The zero-order valence-electron chi connectivity index (χ0n) is 13.8. The second kappa shape index (κ2) is 5.53. The van der Waals surface area contributed by atoms with Crippen LogP contribution in [0, 0.1) is 6.92 Å². The van der Waals surface area contributed by atoms with Crippen LogP contribution in [0.15, 0.2) is 37.1 Å². The van der Waals surface area contributed by atoms with Crippen molar-refractivity contribution in [3.8, 4) is 0 Å². The van der Waals surface area contributed by atoms with Gasteiger partial charge in [-0.2, -0.15) is 0 Å². The van der Waals surface area contributed by atoms with Gasteiger partial charge in [-0.05, 0) is 45.4 Å². The standard InChI is InChI=1S/C17H21N5O/c1-11-8-22(10-20-11)17(3,4)16(23)21-12(2)13-5-6-14-15(7-13)19-9-18-14/h5-10,12H,1-4H3,(H,18,19)(H,21,23). The Morgan fingerprint density at radius 3 is 2.83 bits per heavy atom.